The Labute approximate surface area is 236 Å². The standard InChI is InChI=1S/C27H23N5O6S2/c33-24(29-20-7-3-4-8-22(20)32(36)37)16-39-27-30-21-10-9-17(15-23(21)40-27)28-25(34)18-5-1-2-6-19(18)26(35)31-11-13-38-14-12-31/h1-10,15H,11-14,16H2,(H,28,34)(H,29,33). The van der Waals surface area contributed by atoms with E-state index in [2.05, 4.69) is 15.6 Å². The summed E-state index contributed by atoms with van der Waals surface area (Å²) in [5, 5.41) is 16.6. The lowest BCUT2D eigenvalue weighted by Crippen LogP contribution is -2.41. The molecule has 1 aromatic heterocycles. The minimum atomic E-state index is -0.548. The first-order valence-electron chi connectivity index (χ1n) is 12.2. The molecule has 1 fully saturated rings. The van der Waals surface area contributed by atoms with E-state index >= 15 is 0 Å². The van der Waals surface area contributed by atoms with Crippen LogP contribution in [0.5, 0.6) is 0 Å². The lowest BCUT2D eigenvalue weighted by molar-refractivity contribution is -0.383. The number of para-hydroxylation sites is 2. The summed E-state index contributed by atoms with van der Waals surface area (Å²) >= 11 is 2.57. The summed E-state index contributed by atoms with van der Waals surface area (Å²) < 4.78 is 6.76. The number of nitro benzene ring substituents is 1. The first-order valence-corrected chi connectivity index (χ1v) is 14.0. The van der Waals surface area contributed by atoms with Crippen molar-refractivity contribution in [3.8, 4) is 0 Å². The topological polar surface area (TPSA) is 144 Å². The fourth-order valence-corrected chi connectivity index (χ4v) is 6.01. The molecule has 2 heterocycles. The van der Waals surface area contributed by atoms with E-state index < -0.39 is 16.7 Å². The number of nitrogens with zero attached hydrogens (tertiary/aromatic N) is 3. The minimum Gasteiger partial charge on any atom is -0.378 e. The maximum atomic E-state index is 13.1. The van der Waals surface area contributed by atoms with E-state index in [9.17, 15) is 24.5 Å². The van der Waals surface area contributed by atoms with Crippen LogP contribution in [-0.2, 0) is 9.53 Å². The number of ether oxygens (including phenoxy) is 1. The number of thioether (sulfide) groups is 1. The molecular formula is C27H23N5O6S2. The van der Waals surface area contributed by atoms with Gasteiger partial charge in [-0.1, -0.05) is 36.0 Å². The minimum absolute atomic E-state index is 0.0173. The van der Waals surface area contributed by atoms with E-state index in [1.165, 1.54) is 41.3 Å². The Morgan fingerprint density at radius 3 is 2.50 bits per heavy atom. The molecule has 0 unspecified atom stereocenters. The highest BCUT2D eigenvalue weighted by Gasteiger charge is 2.23. The largest absolute Gasteiger partial charge is 0.378 e. The first kappa shape index (κ1) is 27.2. The highest BCUT2D eigenvalue weighted by Crippen LogP contribution is 2.32. The van der Waals surface area contributed by atoms with Crippen LogP contribution in [0.15, 0.2) is 71.1 Å². The lowest BCUT2D eigenvalue weighted by atomic mass is 10.0. The molecule has 0 spiro atoms. The van der Waals surface area contributed by atoms with Crippen molar-refractivity contribution >= 4 is 68.1 Å². The van der Waals surface area contributed by atoms with Crippen molar-refractivity contribution in [2.24, 2.45) is 0 Å². The number of rotatable bonds is 8. The van der Waals surface area contributed by atoms with Crippen LogP contribution in [0.3, 0.4) is 0 Å². The molecule has 11 nitrogen and oxygen atoms in total. The van der Waals surface area contributed by atoms with Gasteiger partial charge in [-0.25, -0.2) is 4.98 Å². The van der Waals surface area contributed by atoms with Crippen molar-refractivity contribution in [1.82, 2.24) is 9.88 Å². The molecule has 3 amide bonds. The average Bonchev–Trinajstić information content (AvgIpc) is 3.38. The number of aromatic nitrogens is 1. The molecule has 5 rings (SSSR count). The number of nitrogens with one attached hydrogen (secondary N) is 2. The molecule has 0 bridgehead atoms. The monoisotopic (exact) mass is 577 g/mol. The zero-order valence-electron chi connectivity index (χ0n) is 21.0. The molecule has 3 aromatic carbocycles. The molecule has 1 aliphatic heterocycles. The van der Waals surface area contributed by atoms with Crippen molar-refractivity contribution in [3.63, 3.8) is 0 Å². The molecule has 0 radical (unpaired) electrons. The zero-order valence-corrected chi connectivity index (χ0v) is 22.6. The van der Waals surface area contributed by atoms with Crippen molar-refractivity contribution in [2.45, 2.75) is 4.34 Å². The number of nitro groups is 1. The number of hydrogen-bond acceptors (Lipinski definition) is 9. The Morgan fingerprint density at radius 1 is 1.00 bits per heavy atom. The van der Waals surface area contributed by atoms with Gasteiger partial charge in [0.1, 0.15) is 5.69 Å². The Bertz CT molecular complexity index is 1600. The molecule has 0 saturated carbocycles. The van der Waals surface area contributed by atoms with E-state index in [0.717, 1.165) is 4.70 Å². The van der Waals surface area contributed by atoms with Crippen LogP contribution >= 0.6 is 23.1 Å². The molecule has 1 aliphatic rings. The number of thiazole rings is 1. The third kappa shape index (κ3) is 6.28. The van der Waals surface area contributed by atoms with Gasteiger partial charge in [0.2, 0.25) is 5.91 Å². The Morgan fingerprint density at radius 2 is 1.73 bits per heavy atom. The van der Waals surface area contributed by atoms with Crippen LogP contribution in [0.25, 0.3) is 10.2 Å². The van der Waals surface area contributed by atoms with Gasteiger partial charge in [0.25, 0.3) is 17.5 Å². The van der Waals surface area contributed by atoms with Gasteiger partial charge in [-0.15, -0.1) is 11.3 Å². The fraction of sp³-hybridized carbons (Fsp3) is 0.185. The number of carbonyl (C=O) groups excluding carboxylic acids is 3. The summed E-state index contributed by atoms with van der Waals surface area (Å²) in [7, 11) is 0. The van der Waals surface area contributed by atoms with Gasteiger partial charge in [0.05, 0.1) is 45.2 Å². The number of carbonyl (C=O) groups is 3. The van der Waals surface area contributed by atoms with Gasteiger partial charge in [-0.2, -0.15) is 0 Å². The molecule has 1 saturated heterocycles. The van der Waals surface area contributed by atoms with Crippen molar-refractivity contribution < 1.29 is 24.0 Å². The molecule has 2 N–H and O–H groups in total. The second-order valence-corrected chi connectivity index (χ2v) is 10.9. The number of morpholine rings is 1. The maximum absolute atomic E-state index is 13.1. The van der Waals surface area contributed by atoms with Crippen LogP contribution in [0, 0.1) is 10.1 Å². The third-order valence-corrected chi connectivity index (χ3v) is 8.19. The van der Waals surface area contributed by atoms with Gasteiger partial charge < -0.3 is 20.3 Å². The van der Waals surface area contributed by atoms with Gasteiger partial charge in [0, 0.05) is 24.8 Å². The van der Waals surface area contributed by atoms with E-state index in [1.54, 1.807) is 53.4 Å². The van der Waals surface area contributed by atoms with Crippen molar-refractivity contribution in [2.75, 3.05) is 42.7 Å². The van der Waals surface area contributed by atoms with E-state index in [1.807, 2.05) is 0 Å². The highest BCUT2D eigenvalue weighted by atomic mass is 32.2. The third-order valence-electron chi connectivity index (χ3n) is 6.03. The SMILES string of the molecule is O=C(CSc1nc2ccc(NC(=O)c3ccccc3C(=O)N3CCOCC3)cc2s1)Nc1ccccc1[N+](=O)[O-]. The summed E-state index contributed by atoms with van der Waals surface area (Å²) in [4.78, 5) is 55.4. The predicted molar refractivity (Wildman–Crippen MR) is 153 cm³/mol. The Hall–Kier alpha value is -4.33. The molecule has 0 aliphatic carbocycles. The van der Waals surface area contributed by atoms with Crippen LogP contribution in [0.1, 0.15) is 20.7 Å². The van der Waals surface area contributed by atoms with E-state index in [4.69, 9.17) is 4.74 Å². The average molecular weight is 578 g/mol. The van der Waals surface area contributed by atoms with Gasteiger partial charge >= 0.3 is 0 Å². The van der Waals surface area contributed by atoms with Crippen LogP contribution in [-0.4, -0.2) is 64.6 Å². The Balaban J connectivity index is 1.24. The van der Waals surface area contributed by atoms with Gasteiger partial charge in [0.15, 0.2) is 4.34 Å². The molecule has 4 aromatic rings. The summed E-state index contributed by atoms with van der Waals surface area (Å²) in [6.45, 7) is 1.89. The number of amides is 3. The number of hydrogen-bond donors (Lipinski definition) is 2. The summed E-state index contributed by atoms with van der Waals surface area (Å²) in [5.41, 5.74) is 1.82. The fourth-order valence-electron chi connectivity index (χ4n) is 4.10. The summed E-state index contributed by atoms with van der Waals surface area (Å²) in [5.74, 6) is -0.984. The van der Waals surface area contributed by atoms with E-state index in [-0.39, 0.29) is 28.6 Å². The highest BCUT2D eigenvalue weighted by molar-refractivity contribution is 8.01. The first-order chi connectivity index (χ1) is 19.4. The second-order valence-electron chi connectivity index (χ2n) is 8.68. The van der Waals surface area contributed by atoms with Crippen molar-refractivity contribution in [3.05, 3.63) is 88.0 Å². The lowest BCUT2D eigenvalue weighted by Gasteiger charge is -2.27. The normalized spacial score (nSPS) is 13.2. The Kier molecular flexibility index (Phi) is 8.34. The molecule has 0 atom stereocenters. The van der Waals surface area contributed by atoms with Gasteiger partial charge in [-0.05, 0) is 36.4 Å². The molecule has 13 heteroatoms. The van der Waals surface area contributed by atoms with Crippen LogP contribution in [0.2, 0.25) is 0 Å². The summed E-state index contributed by atoms with van der Waals surface area (Å²) in [6, 6.07) is 17.9. The second kappa shape index (κ2) is 12.2. The van der Waals surface area contributed by atoms with Crippen molar-refractivity contribution in [1.29, 1.82) is 0 Å². The van der Waals surface area contributed by atoms with Crippen LogP contribution < -0.4 is 10.6 Å². The predicted octanol–water partition coefficient (Wildman–Crippen LogP) is 4.66. The molecule has 204 valence electrons. The maximum Gasteiger partial charge on any atom is 0.292 e. The number of fused-ring (bicyclic) bond motifs is 1. The quantitative estimate of drug-likeness (QED) is 0.175. The number of benzene rings is 3. The van der Waals surface area contributed by atoms with Crippen LogP contribution in [0.4, 0.5) is 17.1 Å². The molecule has 40 heavy (non-hydrogen) atoms. The smallest absolute Gasteiger partial charge is 0.292 e. The van der Waals surface area contributed by atoms with E-state index in [0.29, 0.717) is 47.4 Å². The summed E-state index contributed by atoms with van der Waals surface area (Å²) in [6.07, 6.45) is 0. The van der Waals surface area contributed by atoms with Gasteiger partial charge in [-0.3, -0.25) is 24.5 Å². The number of anilines is 2. The zero-order chi connectivity index (χ0) is 28.1. The molecular weight excluding hydrogens is 554 g/mol.